The van der Waals surface area contributed by atoms with Gasteiger partial charge in [-0.2, -0.15) is 11.8 Å². The Hall–Kier alpha value is -0.440. The van der Waals surface area contributed by atoms with Crippen LogP contribution in [0.25, 0.3) is 0 Å². The van der Waals surface area contributed by atoms with Crippen molar-refractivity contribution in [1.29, 1.82) is 0 Å². The van der Waals surface area contributed by atoms with Crippen LogP contribution in [0.5, 0.6) is 0 Å². The molecule has 0 aromatic heterocycles. The fourth-order valence-electron chi connectivity index (χ4n) is 8.24. The fraction of sp³-hybridized carbons (Fsp3) is 0.885. The van der Waals surface area contributed by atoms with Crippen LogP contribution in [-0.2, 0) is 4.79 Å². The third-order valence-electron chi connectivity index (χ3n) is 9.47. The molecule has 7 unspecified atom stereocenters. The number of carbonyl (C=O) groups excluding carboxylic acids is 1. The molecule has 5 rings (SSSR count). The summed E-state index contributed by atoms with van der Waals surface area (Å²) in [5.41, 5.74) is 1.59. The molecular weight excluding hydrogens is 374 g/mol. The minimum absolute atomic E-state index is 0.195. The van der Waals surface area contributed by atoms with Gasteiger partial charge >= 0.3 is 0 Å². The standard InChI is InChI=1S/C26H41NOS/c1-2-5-25(26(28)27-14-16-29-17-15-27)24-13-12-22-21-9-8-18-6-3-4-7-19(18)20(21)10-11-23(22)24/h13,18-23,25H,2-12,14-17H2,1H3. The Morgan fingerprint density at radius 3 is 2.59 bits per heavy atom. The predicted molar refractivity (Wildman–Crippen MR) is 123 cm³/mol. The van der Waals surface area contributed by atoms with Crippen LogP contribution in [0.2, 0.25) is 0 Å². The van der Waals surface area contributed by atoms with Crippen LogP contribution < -0.4 is 0 Å². The van der Waals surface area contributed by atoms with Crippen molar-refractivity contribution in [2.45, 2.75) is 77.6 Å². The summed E-state index contributed by atoms with van der Waals surface area (Å²) >= 11 is 2.00. The molecule has 1 saturated heterocycles. The summed E-state index contributed by atoms with van der Waals surface area (Å²) in [5, 5.41) is 0. The zero-order chi connectivity index (χ0) is 19.8. The summed E-state index contributed by atoms with van der Waals surface area (Å²) < 4.78 is 0. The maximum atomic E-state index is 13.5. The van der Waals surface area contributed by atoms with Gasteiger partial charge in [0, 0.05) is 24.6 Å². The molecule has 3 heteroatoms. The number of allylic oxidation sites excluding steroid dienone is 1. The van der Waals surface area contributed by atoms with E-state index in [2.05, 4.69) is 17.9 Å². The number of hydrogen-bond donors (Lipinski definition) is 0. The van der Waals surface area contributed by atoms with Gasteiger partial charge in [-0.3, -0.25) is 4.79 Å². The number of thioether (sulfide) groups is 1. The molecule has 0 N–H and O–H groups in total. The number of hydrogen-bond acceptors (Lipinski definition) is 2. The van der Waals surface area contributed by atoms with E-state index >= 15 is 0 Å². The van der Waals surface area contributed by atoms with E-state index in [1.807, 2.05) is 11.8 Å². The first-order valence-corrected chi connectivity index (χ1v) is 14.0. The van der Waals surface area contributed by atoms with Crippen molar-refractivity contribution in [3.05, 3.63) is 11.6 Å². The molecule has 0 aromatic rings. The maximum Gasteiger partial charge on any atom is 0.229 e. The van der Waals surface area contributed by atoms with Gasteiger partial charge in [-0.15, -0.1) is 0 Å². The van der Waals surface area contributed by atoms with Crippen LogP contribution in [0.3, 0.4) is 0 Å². The first kappa shape index (κ1) is 20.5. The average molecular weight is 416 g/mol. The number of amides is 1. The van der Waals surface area contributed by atoms with E-state index in [0.29, 0.717) is 5.91 Å². The first-order valence-electron chi connectivity index (χ1n) is 12.8. The van der Waals surface area contributed by atoms with Crippen molar-refractivity contribution in [2.24, 2.45) is 41.4 Å². The third kappa shape index (κ3) is 3.83. The Bertz CT molecular complexity index is 624. The van der Waals surface area contributed by atoms with Crippen LogP contribution in [0, 0.1) is 41.4 Å². The molecule has 0 aromatic carbocycles. The first-order chi connectivity index (χ1) is 14.3. The van der Waals surface area contributed by atoms with E-state index in [-0.39, 0.29) is 5.92 Å². The largest absolute Gasteiger partial charge is 0.341 e. The topological polar surface area (TPSA) is 20.3 Å². The lowest BCUT2D eigenvalue weighted by Crippen LogP contribution is -2.45. The summed E-state index contributed by atoms with van der Waals surface area (Å²) in [6, 6.07) is 0. The molecule has 1 heterocycles. The van der Waals surface area contributed by atoms with Gasteiger partial charge in [0.05, 0.1) is 5.92 Å². The molecule has 4 fully saturated rings. The Morgan fingerprint density at radius 2 is 1.76 bits per heavy atom. The highest BCUT2D eigenvalue weighted by molar-refractivity contribution is 7.99. The molecule has 3 saturated carbocycles. The lowest BCUT2D eigenvalue weighted by molar-refractivity contribution is -0.134. The predicted octanol–water partition coefficient (Wildman–Crippen LogP) is 6.17. The van der Waals surface area contributed by atoms with Crippen LogP contribution in [0.15, 0.2) is 11.6 Å². The summed E-state index contributed by atoms with van der Waals surface area (Å²) in [6.45, 7) is 4.21. The minimum atomic E-state index is 0.195. The lowest BCUT2D eigenvalue weighted by Gasteiger charge is -2.52. The van der Waals surface area contributed by atoms with Gasteiger partial charge in [0.15, 0.2) is 0 Å². The highest BCUT2D eigenvalue weighted by Gasteiger charge is 2.50. The summed E-state index contributed by atoms with van der Waals surface area (Å²) in [7, 11) is 0. The van der Waals surface area contributed by atoms with E-state index in [1.165, 1.54) is 57.8 Å². The number of nitrogens with zero attached hydrogens (tertiary/aromatic N) is 1. The van der Waals surface area contributed by atoms with E-state index < -0.39 is 0 Å². The molecular formula is C26H41NOS. The minimum Gasteiger partial charge on any atom is -0.341 e. The van der Waals surface area contributed by atoms with Crippen molar-refractivity contribution in [3.8, 4) is 0 Å². The second kappa shape index (κ2) is 8.97. The SMILES string of the molecule is CCCC(C(=O)N1CCSCC1)C1=CCC2C1CCC1C3CCCCC3CCC21. The molecule has 2 nitrogen and oxygen atoms in total. The molecule has 0 spiro atoms. The second-order valence-electron chi connectivity index (χ2n) is 10.7. The number of rotatable bonds is 4. The molecule has 1 amide bonds. The highest BCUT2D eigenvalue weighted by Crippen LogP contribution is 2.58. The maximum absolute atomic E-state index is 13.5. The summed E-state index contributed by atoms with van der Waals surface area (Å²) in [5.74, 6) is 8.61. The Morgan fingerprint density at radius 1 is 1.00 bits per heavy atom. The van der Waals surface area contributed by atoms with E-state index in [1.54, 1.807) is 5.57 Å². The van der Waals surface area contributed by atoms with Gasteiger partial charge < -0.3 is 4.90 Å². The van der Waals surface area contributed by atoms with Crippen molar-refractivity contribution < 1.29 is 4.79 Å². The zero-order valence-electron chi connectivity index (χ0n) is 18.5. The quantitative estimate of drug-likeness (QED) is 0.512. The average Bonchev–Trinajstić information content (AvgIpc) is 3.21. The van der Waals surface area contributed by atoms with E-state index in [0.717, 1.165) is 72.9 Å². The van der Waals surface area contributed by atoms with Crippen molar-refractivity contribution in [3.63, 3.8) is 0 Å². The molecule has 5 aliphatic rings. The highest BCUT2D eigenvalue weighted by atomic mass is 32.2. The van der Waals surface area contributed by atoms with Gasteiger partial charge in [-0.1, -0.05) is 44.3 Å². The van der Waals surface area contributed by atoms with Crippen LogP contribution in [0.4, 0.5) is 0 Å². The summed E-state index contributed by atoms with van der Waals surface area (Å²) in [4.78, 5) is 15.7. The molecule has 7 atom stereocenters. The van der Waals surface area contributed by atoms with Crippen molar-refractivity contribution in [1.82, 2.24) is 4.90 Å². The Labute approximate surface area is 182 Å². The van der Waals surface area contributed by atoms with E-state index in [9.17, 15) is 4.79 Å². The zero-order valence-corrected chi connectivity index (χ0v) is 19.3. The van der Waals surface area contributed by atoms with Gasteiger partial charge in [-0.05, 0) is 80.5 Å². The molecule has 4 aliphatic carbocycles. The van der Waals surface area contributed by atoms with Crippen LogP contribution in [-0.4, -0.2) is 35.4 Å². The van der Waals surface area contributed by atoms with Crippen LogP contribution in [0.1, 0.15) is 77.6 Å². The number of carbonyl (C=O) groups is 1. The lowest BCUT2D eigenvalue weighted by atomic mass is 9.53. The normalized spacial score (nSPS) is 40.4. The Kier molecular flexibility index (Phi) is 6.33. The molecule has 0 radical (unpaired) electrons. The number of fused-ring (bicyclic) bond motifs is 5. The molecule has 0 bridgehead atoms. The second-order valence-corrected chi connectivity index (χ2v) is 11.9. The van der Waals surface area contributed by atoms with Crippen molar-refractivity contribution in [2.75, 3.05) is 24.6 Å². The molecule has 29 heavy (non-hydrogen) atoms. The van der Waals surface area contributed by atoms with Gasteiger partial charge in [0.2, 0.25) is 5.91 Å². The van der Waals surface area contributed by atoms with Gasteiger partial charge in [0.25, 0.3) is 0 Å². The monoisotopic (exact) mass is 415 g/mol. The smallest absolute Gasteiger partial charge is 0.229 e. The fourth-order valence-corrected chi connectivity index (χ4v) is 9.15. The summed E-state index contributed by atoms with van der Waals surface area (Å²) in [6.07, 6.45) is 17.9. The molecule has 162 valence electrons. The van der Waals surface area contributed by atoms with Gasteiger partial charge in [0.1, 0.15) is 0 Å². The van der Waals surface area contributed by atoms with Gasteiger partial charge in [-0.25, -0.2) is 0 Å². The molecule has 1 aliphatic heterocycles. The van der Waals surface area contributed by atoms with Crippen molar-refractivity contribution >= 4 is 17.7 Å². The van der Waals surface area contributed by atoms with E-state index in [4.69, 9.17) is 0 Å². The third-order valence-corrected chi connectivity index (χ3v) is 10.4. The van der Waals surface area contributed by atoms with Crippen LogP contribution >= 0.6 is 11.8 Å². The Balaban J connectivity index is 1.31.